The summed E-state index contributed by atoms with van der Waals surface area (Å²) in [5.41, 5.74) is 0.586. The second-order valence-corrected chi connectivity index (χ2v) is 11.8. The van der Waals surface area contributed by atoms with Crippen molar-refractivity contribution in [3.05, 3.63) is 80.8 Å². The van der Waals surface area contributed by atoms with Crippen LogP contribution in [0.15, 0.2) is 59.8 Å². The van der Waals surface area contributed by atoms with Gasteiger partial charge < -0.3 is 34.2 Å². The maximum absolute atomic E-state index is 13.2. The van der Waals surface area contributed by atoms with Gasteiger partial charge in [0.2, 0.25) is 11.3 Å². The number of ether oxygens (including phenoxy) is 1. The number of fused-ring (bicyclic) bond motifs is 1. The lowest BCUT2D eigenvalue weighted by Crippen LogP contribution is -2.57. The average molecular weight is 626 g/mol. The summed E-state index contributed by atoms with van der Waals surface area (Å²) in [6.45, 7) is 2.30. The molecule has 0 saturated carbocycles. The van der Waals surface area contributed by atoms with Crippen molar-refractivity contribution in [3.8, 4) is 11.6 Å². The molecule has 2 aliphatic heterocycles. The molecule has 13 heteroatoms. The normalized spacial score (nSPS) is 18.8. The number of hydrogen-bond acceptors (Lipinski definition) is 9. The number of carbonyl (C=O) groups is 1. The third-order valence-electron chi connectivity index (χ3n) is 8.16. The topological polar surface area (TPSA) is 124 Å². The summed E-state index contributed by atoms with van der Waals surface area (Å²) in [5, 5.41) is 21.4. The first-order valence-electron chi connectivity index (χ1n) is 13.8. The summed E-state index contributed by atoms with van der Waals surface area (Å²) in [6.07, 6.45) is 4.31. The molecule has 6 rings (SSSR count). The molecule has 5 heterocycles. The maximum atomic E-state index is 13.2. The number of benzene rings is 1. The second-order valence-electron chi connectivity index (χ2n) is 11.0. The Morgan fingerprint density at radius 3 is 2.60 bits per heavy atom. The van der Waals surface area contributed by atoms with Crippen LogP contribution in [-0.4, -0.2) is 94.1 Å². The number of carboxylic acids is 1. The largest absolute Gasteiger partial charge is 0.477 e. The molecule has 43 heavy (non-hydrogen) atoms. The van der Waals surface area contributed by atoms with Gasteiger partial charge in [0, 0.05) is 43.5 Å². The van der Waals surface area contributed by atoms with Crippen LogP contribution in [0, 0.1) is 0 Å². The molecule has 4 aromatic rings. The van der Waals surface area contributed by atoms with E-state index in [1.807, 2.05) is 17.0 Å². The first kappa shape index (κ1) is 29.2. The van der Waals surface area contributed by atoms with Crippen LogP contribution in [-0.2, 0) is 0 Å². The molecule has 0 spiro atoms. The van der Waals surface area contributed by atoms with Crippen molar-refractivity contribution in [3.63, 3.8) is 0 Å². The number of aromatic carboxylic acids is 1. The molecule has 2 saturated heterocycles. The molecular formula is C30H30Cl2N6O5. The zero-order valence-corrected chi connectivity index (χ0v) is 25.0. The molecule has 0 amide bonds. The number of aliphatic hydroxyl groups is 1. The lowest BCUT2D eigenvalue weighted by Gasteiger charge is -2.43. The highest BCUT2D eigenvalue weighted by molar-refractivity contribution is 6.34. The lowest BCUT2D eigenvalue weighted by atomic mass is 10.1. The Balaban J connectivity index is 1.38. The number of nitrogens with zero attached hydrogens (tertiary/aromatic N) is 6. The first-order valence-corrected chi connectivity index (χ1v) is 14.6. The molecule has 0 bridgehead atoms. The van der Waals surface area contributed by atoms with E-state index in [0.717, 1.165) is 18.9 Å². The fraction of sp³-hybridized carbons (Fsp3) is 0.333. The van der Waals surface area contributed by atoms with E-state index in [2.05, 4.69) is 33.9 Å². The lowest BCUT2D eigenvalue weighted by molar-refractivity contribution is 0.0695. The summed E-state index contributed by atoms with van der Waals surface area (Å²) in [6, 6.07) is 10.3. The van der Waals surface area contributed by atoms with Gasteiger partial charge in [0.15, 0.2) is 0 Å². The minimum Gasteiger partial charge on any atom is -0.477 e. The van der Waals surface area contributed by atoms with E-state index in [1.54, 1.807) is 35.2 Å². The van der Waals surface area contributed by atoms with Crippen LogP contribution in [0.2, 0.25) is 10.0 Å². The highest BCUT2D eigenvalue weighted by Gasteiger charge is 2.35. The fourth-order valence-corrected chi connectivity index (χ4v) is 6.02. The van der Waals surface area contributed by atoms with Crippen LogP contribution >= 0.6 is 23.2 Å². The number of pyridine rings is 3. The molecule has 2 N–H and O–H groups in total. The molecule has 2 atom stereocenters. The quantitative estimate of drug-likeness (QED) is 0.301. The van der Waals surface area contributed by atoms with Crippen molar-refractivity contribution >= 4 is 51.6 Å². The highest BCUT2D eigenvalue weighted by Crippen LogP contribution is 2.36. The summed E-state index contributed by atoms with van der Waals surface area (Å²) in [4.78, 5) is 40.3. The van der Waals surface area contributed by atoms with Gasteiger partial charge in [-0.3, -0.25) is 4.79 Å². The summed E-state index contributed by atoms with van der Waals surface area (Å²) < 4.78 is 7.51. The van der Waals surface area contributed by atoms with Crippen molar-refractivity contribution in [1.29, 1.82) is 0 Å². The number of aliphatic hydroxyl groups excluding tert-OH is 1. The van der Waals surface area contributed by atoms with Crippen molar-refractivity contribution < 1.29 is 19.7 Å². The fourth-order valence-electron chi connectivity index (χ4n) is 5.58. The van der Waals surface area contributed by atoms with Crippen LogP contribution in [0.3, 0.4) is 0 Å². The van der Waals surface area contributed by atoms with E-state index in [4.69, 9.17) is 27.9 Å². The zero-order valence-electron chi connectivity index (χ0n) is 23.5. The van der Waals surface area contributed by atoms with E-state index in [0.29, 0.717) is 40.9 Å². The summed E-state index contributed by atoms with van der Waals surface area (Å²) in [5.74, 6) is -0.264. The van der Waals surface area contributed by atoms with Gasteiger partial charge in [0.25, 0.3) is 0 Å². The number of halogens is 2. The maximum Gasteiger partial charge on any atom is 0.341 e. The minimum atomic E-state index is -1.34. The minimum absolute atomic E-state index is 0.0909. The van der Waals surface area contributed by atoms with Crippen molar-refractivity contribution in [2.75, 3.05) is 50.1 Å². The smallest absolute Gasteiger partial charge is 0.341 e. The van der Waals surface area contributed by atoms with Gasteiger partial charge in [0.1, 0.15) is 23.0 Å². The molecule has 1 aromatic carbocycles. The van der Waals surface area contributed by atoms with Gasteiger partial charge in [-0.05, 0) is 56.9 Å². The molecule has 0 radical (unpaired) electrons. The Hall–Kier alpha value is -3.90. The van der Waals surface area contributed by atoms with Gasteiger partial charge in [-0.25, -0.2) is 14.8 Å². The summed E-state index contributed by atoms with van der Waals surface area (Å²) >= 11 is 12.9. The van der Waals surface area contributed by atoms with Crippen LogP contribution in [0.1, 0.15) is 16.8 Å². The van der Waals surface area contributed by atoms with E-state index < -0.39 is 23.5 Å². The van der Waals surface area contributed by atoms with E-state index in [-0.39, 0.29) is 28.5 Å². The number of likely N-dealkylation sites (N-methyl/N-ethyl adjacent to an activating group) is 1. The Morgan fingerprint density at radius 2 is 1.93 bits per heavy atom. The Bertz CT molecular complexity index is 1740. The van der Waals surface area contributed by atoms with Crippen LogP contribution in [0.5, 0.6) is 5.88 Å². The Labute approximate surface area is 257 Å². The number of carboxylic acid groups (broad SMARTS) is 1. The second kappa shape index (κ2) is 11.6. The van der Waals surface area contributed by atoms with Gasteiger partial charge in [-0.2, -0.15) is 0 Å². The third-order valence-corrected chi connectivity index (χ3v) is 8.76. The number of hydrogen-bond donors (Lipinski definition) is 2. The molecule has 3 aromatic heterocycles. The zero-order chi connectivity index (χ0) is 30.4. The highest BCUT2D eigenvalue weighted by atomic mass is 35.5. The van der Waals surface area contributed by atoms with Gasteiger partial charge in [-0.15, -0.1) is 0 Å². The van der Waals surface area contributed by atoms with E-state index in [9.17, 15) is 19.8 Å². The predicted octanol–water partition coefficient (Wildman–Crippen LogP) is 3.55. The number of rotatable bonds is 8. The monoisotopic (exact) mass is 624 g/mol. The first-order chi connectivity index (χ1) is 20.6. The van der Waals surface area contributed by atoms with Crippen molar-refractivity contribution in [2.24, 2.45) is 0 Å². The predicted molar refractivity (Wildman–Crippen MR) is 165 cm³/mol. The van der Waals surface area contributed by atoms with Crippen LogP contribution < -0.4 is 20.0 Å². The molecule has 0 unspecified atom stereocenters. The molecule has 0 aliphatic carbocycles. The summed E-state index contributed by atoms with van der Waals surface area (Å²) in [7, 11) is 4.10. The standard InChI is InChI=1S/C30H30Cl2N6O5/c1-35(2)18-13-36(14-18)27-6-5-17(12-34-27)38-15-20(30(41)42)28(40)19-10-22(32)24(11-23(19)38)37-9-7-26(39)25(37)16-43-29-21(31)4-3-8-33-29/h3-6,8,10-12,15,18,25-26,39H,7,9,13-14,16H2,1-2H3,(H,41,42)/t25-,26-/m0/s1. The molecule has 224 valence electrons. The van der Waals surface area contributed by atoms with Crippen molar-refractivity contribution in [1.82, 2.24) is 19.4 Å². The van der Waals surface area contributed by atoms with Gasteiger partial charge >= 0.3 is 5.97 Å². The van der Waals surface area contributed by atoms with Crippen molar-refractivity contribution in [2.45, 2.75) is 24.6 Å². The number of aromatic nitrogens is 3. The van der Waals surface area contributed by atoms with Gasteiger partial charge in [-0.1, -0.05) is 23.2 Å². The van der Waals surface area contributed by atoms with Crippen LogP contribution in [0.25, 0.3) is 16.6 Å². The Morgan fingerprint density at radius 1 is 1.14 bits per heavy atom. The number of anilines is 2. The molecular weight excluding hydrogens is 595 g/mol. The molecule has 2 fully saturated rings. The van der Waals surface area contributed by atoms with Crippen LogP contribution in [0.4, 0.5) is 11.5 Å². The average Bonchev–Trinajstić information content (AvgIpc) is 3.31. The molecule has 11 nitrogen and oxygen atoms in total. The van der Waals surface area contributed by atoms with Gasteiger partial charge in [0.05, 0.1) is 40.3 Å². The molecule has 2 aliphatic rings. The van der Waals surface area contributed by atoms with E-state index in [1.165, 1.54) is 12.3 Å². The SMILES string of the molecule is CN(C)C1CN(c2ccc(-n3cc(C(=O)O)c(=O)c4cc(Cl)c(N5CC[C@H](O)[C@@H]5COc5ncccc5Cl)cc43)cn2)C1. The Kier molecular flexibility index (Phi) is 7.91. The third kappa shape index (κ3) is 5.49. The van der Waals surface area contributed by atoms with E-state index >= 15 is 0 Å².